The summed E-state index contributed by atoms with van der Waals surface area (Å²) in [6, 6.07) is 7.13. The second-order valence-corrected chi connectivity index (χ2v) is 14.9. The number of hydrogen-bond acceptors (Lipinski definition) is 10. The molecule has 39 heavy (non-hydrogen) atoms. The number of methoxy groups -OCH3 is 1. The highest BCUT2D eigenvalue weighted by Crippen LogP contribution is 2.52. The normalized spacial score (nSPS) is 20.2. The molecule has 2 aromatic heterocycles. The minimum atomic E-state index is -1.65. The Morgan fingerprint density at radius 1 is 1.05 bits per heavy atom. The van der Waals surface area contributed by atoms with E-state index in [1.165, 1.54) is 0 Å². The zero-order valence-corrected chi connectivity index (χ0v) is 24.1. The van der Waals surface area contributed by atoms with E-state index in [2.05, 4.69) is 54.2 Å². The Bertz CT molecular complexity index is 1300. The van der Waals surface area contributed by atoms with Crippen molar-refractivity contribution >= 4 is 48.2 Å². The summed E-state index contributed by atoms with van der Waals surface area (Å²) in [5, 5.41) is 6.71. The highest BCUT2D eigenvalue weighted by Gasteiger charge is 2.37. The number of ether oxygens (including phenoxy) is 1. The molecule has 2 saturated heterocycles. The van der Waals surface area contributed by atoms with Gasteiger partial charge in [0.05, 0.1) is 44.2 Å². The van der Waals surface area contributed by atoms with Gasteiger partial charge in [-0.2, -0.15) is 4.98 Å². The molecule has 3 aromatic rings. The molecule has 3 fully saturated rings. The maximum absolute atomic E-state index is 10.4. The number of oxazole rings is 1. The van der Waals surface area contributed by atoms with Gasteiger partial charge < -0.3 is 19.4 Å². The fraction of sp³-hybridized carbons (Fsp3) is 0.519. The molecule has 6 rings (SSSR count). The largest absolute Gasteiger partial charge is 0.494 e. The molecule has 3 N–H and O–H groups in total. The van der Waals surface area contributed by atoms with Crippen molar-refractivity contribution in [2.24, 2.45) is 0 Å². The average molecular weight is 573 g/mol. The molecular weight excluding hydrogens is 537 g/mol. The standard InChI is InChI=1S/C27H36ClN7O3P/c1-37-23-15-20(34-9-7-19(8-10-34)35-11-13-39(2,36)14-12-35)5-6-22(23)31-25-21(28)16-29-26(32-25)33-27-30-17-24(38-27)18-3-4-18/h5-6,15-19,36H,3-4,7-14H2,1-2H3,(H2,29,30,31,32,33)/q+1. The minimum absolute atomic E-state index is 0.337. The van der Waals surface area contributed by atoms with Crippen molar-refractivity contribution in [3.05, 3.63) is 41.4 Å². The van der Waals surface area contributed by atoms with E-state index in [0.717, 1.165) is 81.3 Å². The molecule has 10 nitrogen and oxygen atoms in total. The Labute approximate surface area is 234 Å². The molecule has 1 aliphatic carbocycles. The molecule has 0 bridgehead atoms. The summed E-state index contributed by atoms with van der Waals surface area (Å²) in [5.41, 5.74) is 1.90. The van der Waals surface area contributed by atoms with Crippen LogP contribution in [0.5, 0.6) is 5.75 Å². The first-order valence-corrected chi connectivity index (χ1v) is 16.6. The summed E-state index contributed by atoms with van der Waals surface area (Å²) in [6.45, 7) is 6.12. The van der Waals surface area contributed by atoms with Crippen molar-refractivity contribution < 1.29 is 14.0 Å². The van der Waals surface area contributed by atoms with E-state index < -0.39 is 7.49 Å². The molecule has 208 valence electrons. The summed E-state index contributed by atoms with van der Waals surface area (Å²) in [5.74, 6) is 2.87. The van der Waals surface area contributed by atoms with E-state index in [-0.39, 0.29) is 0 Å². The molecule has 0 unspecified atom stereocenters. The monoisotopic (exact) mass is 572 g/mol. The van der Waals surface area contributed by atoms with Crippen LogP contribution < -0.4 is 20.3 Å². The van der Waals surface area contributed by atoms with Gasteiger partial charge in [-0.1, -0.05) is 11.6 Å². The van der Waals surface area contributed by atoms with Crippen LogP contribution >= 0.6 is 19.1 Å². The predicted molar refractivity (Wildman–Crippen MR) is 157 cm³/mol. The van der Waals surface area contributed by atoms with E-state index in [0.29, 0.717) is 40.5 Å². The fourth-order valence-corrected chi connectivity index (χ4v) is 7.12. The molecular formula is C27H36ClN7O3P+. The number of piperidine rings is 1. The lowest BCUT2D eigenvalue weighted by atomic mass is 10.0. The summed E-state index contributed by atoms with van der Waals surface area (Å²) in [4.78, 5) is 28.5. The Morgan fingerprint density at radius 3 is 2.54 bits per heavy atom. The molecule has 1 saturated carbocycles. The minimum Gasteiger partial charge on any atom is -0.494 e. The molecule has 4 heterocycles. The number of benzene rings is 1. The summed E-state index contributed by atoms with van der Waals surface area (Å²) in [7, 11) is 0.0201. The van der Waals surface area contributed by atoms with Gasteiger partial charge in [-0.05, 0) is 37.8 Å². The van der Waals surface area contributed by atoms with Gasteiger partial charge in [0.15, 0.2) is 5.82 Å². The van der Waals surface area contributed by atoms with Crippen LogP contribution in [0.15, 0.2) is 35.0 Å². The molecule has 0 spiro atoms. The van der Waals surface area contributed by atoms with Crippen molar-refractivity contribution in [1.29, 1.82) is 0 Å². The van der Waals surface area contributed by atoms with Crippen LogP contribution in [0, 0.1) is 0 Å². The van der Waals surface area contributed by atoms with Gasteiger partial charge in [0.1, 0.15) is 24.0 Å². The summed E-state index contributed by atoms with van der Waals surface area (Å²) >= 11 is 6.43. The summed E-state index contributed by atoms with van der Waals surface area (Å²) in [6.07, 6.45) is 9.77. The number of nitrogens with one attached hydrogen (secondary N) is 2. The zero-order valence-electron chi connectivity index (χ0n) is 22.4. The second-order valence-electron chi connectivity index (χ2n) is 10.9. The molecule has 0 radical (unpaired) electrons. The third-order valence-corrected chi connectivity index (χ3v) is 10.6. The van der Waals surface area contributed by atoms with Crippen LogP contribution in [-0.4, -0.2) is 83.1 Å². The Kier molecular flexibility index (Phi) is 7.55. The summed E-state index contributed by atoms with van der Waals surface area (Å²) < 4.78 is 11.5. The number of nitrogens with zero attached hydrogens (tertiary/aromatic N) is 5. The topological polar surface area (TPSA) is 112 Å². The van der Waals surface area contributed by atoms with E-state index >= 15 is 0 Å². The quantitative estimate of drug-likeness (QED) is 0.306. The number of halogens is 1. The van der Waals surface area contributed by atoms with Crippen LogP contribution in [0.4, 0.5) is 29.2 Å². The lowest BCUT2D eigenvalue weighted by molar-refractivity contribution is 0.180. The SMILES string of the molecule is COc1cc(N2CCC(N3CC[P+](C)(O)CC3)CC2)ccc1Nc1nc(Nc2ncc(C3CC3)o2)ncc1Cl. The first kappa shape index (κ1) is 26.6. The van der Waals surface area contributed by atoms with Crippen molar-refractivity contribution in [3.8, 4) is 5.75 Å². The van der Waals surface area contributed by atoms with Crippen LogP contribution in [0.2, 0.25) is 5.02 Å². The smallest absolute Gasteiger partial charge is 0.301 e. The number of rotatable bonds is 8. The first-order chi connectivity index (χ1) is 18.9. The fourth-order valence-electron chi connectivity index (χ4n) is 5.38. The van der Waals surface area contributed by atoms with E-state index in [1.807, 2.05) is 6.07 Å². The predicted octanol–water partition coefficient (Wildman–Crippen LogP) is 5.33. The Hall–Kier alpha value is -2.65. The van der Waals surface area contributed by atoms with Crippen LogP contribution in [0.1, 0.15) is 37.4 Å². The van der Waals surface area contributed by atoms with Crippen molar-refractivity contribution in [2.75, 3.05) is 67.8 Å². The third-order valence-electron chi connectivity index (χ3n) is 7.99. The van der Waals surface area contributed by atoms with E-state index in [1.54, 1.807) is 19.5 Å². The Balaban J connectivity index is 1.10. The van der Waals surface area contributed by atoms with E-state index in [9.17, 15) is 4.89 Å². The lowest BCUT2D eigenvalue weighted by Crippen LogP contribution is -2.49. The van der Waals surface area contributed by atoms with Gasteiger partial charge in [-0.25, -0.2) is 9.97 Å². The van der Waals surface area contributed by atoms with Gasteiger partial charge in [0, 0.05) is 49.9 Å². The number of anilines is 5. The Morgan fingerprint density at radius 2 is 1.82 bits per heavy atom. The third kappa shape index (κ3) is 6.24. The van der Waals surface area contributed by atoms with Crippen LogP contribution in [-0.2, 0) is 0 Å². The van der Waals surface area contributed by atoms with Gasteiger partial charge in [-0.3, -0.25) is 15.1 Å². The van der Waals surface area contributed by atoms with Crippen molar-refractivity contribution in [2.45, 2.75) is 37.6 Å². The molecule has 0 atom stereocenters. The molecule has 1 aromatic carbocycles. The highest BCUT2D eigenvalue weighted by atomic mass is 35.5. The van der Waals surface area contributed by atoms with Gasteiger partial charge in [0.25, 0.3) is 0 Å². The lowest BCUT2D eigenvalue weighted by Gasteiger charge is -2.41. The number of hydrogen-bond donors (Lipinski definition) is 3. The second kappa shape index (κ2) is 11.1. The molecule has 12 heteroatoms. The maximum Gasteiger partial charge on any atom is 0.301 e. The van der Waals surface area contributed by atoms with Gasteiger partial charge in [-0.15, -0.1) is 0 Å². The molecule has 0 amide bonds. The van der Waals surface area contributed by atoms with Crippen LogP contribution in [0.3, 0.4) is 0 Å². The first-order valence-electron chi connectivity index (χ1n) is 13.6. The zero-order chi connectivity index (χ0) is 27.0. The van der Waals surface area contributed by atoms with Crippen LogP contribution in [0.25, 0.3) is 0 Å². The molecule has 2 aliphatic heterocycles. The molecule has 3 aliphatic rings. The van der Waals surface area contributed by atoms with Crippen molar-refractivity contribution in [1.82, 2.24) is 19.9 Å². The number of aromatic nitrogens is 3. The average Bonchev–Trinajstić information content (AvgIpc) is 3.69. The van der Waals surface area contributed by atoms with Gasteiger partial charge >= 0.3 is 6.01 Å². The maximum atomic E-state index is 10.4. The van der Waals surface area contributed by atoms with Crippen molar-refractivity contribution in [3.63, 3.8) is 0 Å². The highest BCUT2D eigenvalue weighted by molar-refractivity contribution is 7.69. The van der Waals surface area contributed by atoms with E-state index in [4.69, 9.17) is 20.8 Å². The van der Waals surface area contributed by atoms with Gasteiger partial charge in [0.2, 0.25) is 5.95 Å².